The molecule has 0 aliphatic rings. The summed E-state index contributed by atoms with van der Waals surface area (Å²) in [6, 6.07) is 0. The average molecular weight is 263 g/mol. The fraction of sp³-hybridized carbons (Fsp3) is 0. The van der Waals surface area contributed by atoms with E-state index in [0.29, 0.717) is 0 Å². The Morgan fingerprint density at radius 1 is 0.571 bits per heavy atom. The lowest BCUT2D eigenvalue weighted by Crippen LogP contribution is -1.90. The first-order chi connectivity index (χ1) is 5.20. The van der Waals surface area contributed by atoms with E-state index >= 15 is 0 Å². The molecule has 14 heavy (non-hydrogen) atoms. The summed E-state index contributed by atoms with van der Waals surface area (Å²) in [5, 5.41) is 0. The Kier molecular flexibility index (Phi) is 47.4. The fourth-order valence-electron chi connectivity index (χ4n) is 0. The highest BCUT2D eigenvalue weighted by molar-refractivity contribution is 6.22. The van der Waals surface area contributed by atoms with Crippen LogP contribution in [-0.4, -0.2) is 70.2 Å². The van der Waals surface area contributed by atoms with Crippen molar-refractivity contribution in [1.29, 1.82) is 0 Å². The van der Waals surface area contributed by atoms with Crippen molar-refractivity contribution in [3.8, 4) is 0 Å². The summed E-state index contributed by atoms with van der Waals surface area (Å²) in [5.74, 6) is 0. The molecular weight excluding hydrogens is 255 g/mol. The van der Waals surface area contributed by atoms with Crippen molar-refractivity contribution in [3.05, 3.63) is 0 Å². The molecule has 0 aliphatic carbocycles. The lowest BCUT2D eigenvalue weighted by Gasteiger charge is -1.55. The third-order valence-corrected chi connectivity index (χ3v) is 0. The predicted octanol–water partition coefficient (Wildman–Crippen LogP) is -6.05. The van der Waals surface area contributed by atoms with Crippen molar-refractivity contribution in [2.24, 2.45) is 0 Å². The van der Waals surface area contributed by atoms with Gasteiger partial charge in [0, 0.05) is 8.41 Å². The van der Waals surface area contributed by atoms with Gasteiger partial charge in [0.25, 0.3) is 0 Å². The van der Waals surface area contributed by atoms with Gasteiger partial charge in [-0.3, -0.25) is 13.4 Å². The lowest BCUT2D eigenvalue weighted by atomic mass is 10.8. The maximum atomic E-state index is 8.74. The topological polar surface area (TPSA) is 204 Å². The maximum Gasteiger partial charge on any atom is 0.761 e. The van der Waals surface area contributed by atoms with Gasteiger partial charge in [0.15, 0.2) is 0 Å². The number of hydrogen-bond acceptors (Lipinski definition) is 3. The van der Waals surface area contributed by atoms with Crippen LogP contribution in [0, 0.1) is 0 Å². The minimum absolute atomic E-state index is 0. The predicted molar refractivity (Wildman–Crippen MR) is 42.0 cm³/mol. The molecule has 0 rings (SSSR count). The van der Waals surface area contributed by atoms with Crippen LogP contribution in [0.4, 0.5) is 0 Å². The molecule has 0 bridgehead atoms. The standard InChI is InChI=1S/B.3H2O3Si.H2O/c;3*1-4(2)3;/h;3*1-2H;1H2. The van der Waals surface area contributed by atoms with Crippen LogP contribution in [0.5, 0.6) is 0 Å². The largest absolute Gasteiger partial charge is 0.761 e. The van der Waals surface area contributed by atoms with Crippen LogP contribution >= 0.6 is 0 Å². The van der Waals surface area contributed by atoms with Crippen LogP contribution in [0.15, 0.2) is 0 Å². The molecule has 0 aromatic heterocycles. The van der Waals surface area contributed by atoms with E-state index in [-0.39, 0.29) is 13.9 Å². The van der Waals surface area contributed by atoms with Gasteiger partial charge in [0.2, 0.25) is 0 Å². The Bertz CT molecular complexity index is 113. The van der Waals surface area contributed by atoms with Crippen LogP contribution in [0.25, 0.3) is 0 Å². The summed E-state index contributed by atoms with van der Waals surface area (Å²) in [4.78, 5) is 42.9. The average Bonchev–Trinajstić information content (AvgIpc) is 1.54. The first-order valence-corrected chi connectivity index (χ1v) is 5.86. The maximum absolute atomic E-state index is 8.74. The van der Waals surface area contributed by atoms with E-state index in [1.165, 1.54) is 0 Å². The molecule has 3 radical (unpaired) electrons. The number of rotatable bonds is 0. The van der Waals surface area contributed by atoms with Gasteiger partial charge in [-0.1, -0.05) is 0 Å². The quantitative estimate of drug-likeness (QED) is 0.229. The van der Waals surface area contributed by atoms with Crippen molar-refractivity contribution in [3.63, 3.8) is 0 Å². The van der Waals surface area contributed by atoms with Crippen LogP contribution < -0.4 is 0 Å². The van der Waals surface area contributed by atoms with Gasteiger partial charge in [-0.25, -0.2) is 0 Å². The molecule has 0 aromatic rings. The molecule has 10 nitrogen and oxygen atoms in total. The van der Waals surface area contributed by atoms with Crippen molar-refractivity contribution >= 4 is 35.9 Å². The van der Waals surface area contributed by atoms with Crippen molar-refractivity contribution in [1.82, 2.24) is 0 Å². The van der Waals surface area contributed by atoms with Crippen molar-refractivity contribution < 1.29 is 47.6 Å². The zero-order valence-corrected chi connectivity index (χ0v) is 9.49. The van der Waals surface area contributed by atoms with E-state index < -0.39 is 27.5 Å². The normalized spacial score (nSPS) is 5.14. The van der Waals surface area contributed by atoms with Gasteiger partial charge >= 0.3 is 27.5 Å². The van der Waals surface area contributed by atoms with E-state index in [1.54, 1.807) is 0 Å². The zero-order valence-electron chi connectivity index (χ0n) is 6.49. The second-order valence-corrected chi connectivity index (χ2v) is 2.54. The molecule has 0 heterocycles. The van der Waals surface area contributed by atoms with E-state index in [4.69, 9.17) is 42.2 Å². The smallest absolute Gasteiger partial charge is 0.511 e. The summed E-state index contributed by atoms with van der Waals surface area (Å²) < 4.78 is 26.2. The molecule has 14 heteroatoms. The monoisotopic (exact) mass is 263 g/mol. The first-order valence-electron chi connectivity index (χ1n) is 1.95. The first kappa shape index (κ1) is 29.3. The summed E-state index contributed by atoms with van der Waals surface area (Å²) in [7, 11) is -9.39. The third kappa shape index (κ3) is 839. The van der Waals surface area contributed by atoms with E-state index in [1.807, 2.05) is 0 Å². The van der Waals surface area contributed by atoms with Gasteiger partial charge < -0.3 is 34.3 Å². The minimum Gasteiger partial charge on any atom is -0.511 e. The molecule has 0 unspecified atom stereocenters. The second kappa shape index (κ2) is 22.6. The lowest BCUT2D eigenvalue weighted by molar-refractivity contribution is 0.328. The molecule has 0 aromatic carbocycles. The molecule has 0 atom stereocenters. The summed E-state index contributed by atoms with van der Waals surface area (Å²) in [6.07, 6.45) is 0. The summed E-state index contributed by atoms with van der Waals surface area (Å²) >= 11 is 0. The second-order valence-electron chi connectivity index (χ2n) is 0.848. The highest BCUT2D eigenvalue weighted by Crippen LogP contribution is 1.27. The molecule has 83 valence electrons. The fourth-order valence-corrected chi connectivity index (χ4v) is 0. The zero-order chi connectivity index (χ0) is 10.7. The SMILES string of the molecule is O.O=[Si](O)O.O=[Si](O)O.O=[Si](O)O.[B]. The molecule has 8 N–H and O–H groups in total. The van der Waals surface area contributed by atoms with Gasteiger partial charge in [-0.05, 0) is 0 Å². The van der Waals surface area contributed by atoms with E-state index in [2.05, 4.69) is 0 Å². The summed E-state index contributed by atoms with van der Waals surface area (Å²) in [5.41, 5.74) is 0. The highest BCUT2D eigenvalue weighted by Gasteiger charge is 1.85. The molecule has 0 amide bonds. The molecule has 0 saturated heterocycles. The van der Waals surface area contributed by atoms with Crippen LogP contribution in [0.1, 0.15) is 0 Å². The van der Waals surface area contributed by atoms with Crippen molar-refractivity contribution in [2.75, 3.05) is 0 Å². The Morgan fingerprint density at radius 2 is 0.571 bits per heavy atom. The van der Waals surface area contributed by atoms with Crippen LogP contribution in [-0.2, 0) is 13.4 Å². The third-order valence-electron chi connectivity index (χ3n) is 0. The Labute approximate surface area is 84.3 Å². The Hall–Kier alpha value is -1.12. The van der Waals surface area contributed by atoms with Crippen molar-refractivity contribution in [2.45, 2.75) is 0 Å². The van der Waals surface area contributed by atoms with Gasteiger partial charge in [-0.15, -0.1) is 0 Å². The van der Waals surface area contributed by atoms with Gasteiger partial charge in [0.1, 0.15) is 0 Å². The molecular formula is H8BO10Si3. The molecule has 0 saturated carbocycles. The van der Waals surface area contributed by atoms with Crippen LogP contribution in [0.3, 0.4) is 0 Å². The van der Waals surface area contributed by atoms with E-state index in [9.17, 15) is 0 Å². The summed E-state index contributed by atoms with van der Waals surface area (Å²) in [6.45, 7) is 0. The Morgan fingerprint density at radius 3 is 0.571 bits per heavy atom. The van der Waals surface area contributed by atoms with Crippen LogP contribution in [0.2, 0.25) is 0 Å². The molecule has 0 spiro atoms. The number of hydrogen-bond donors (Lipinski definition) is 6. The van der Waals surface area contributed by atoms with Gasteiger partial charge in [0.05, 0.1) is 0 Å². The highest BCUT2D eigenvalue weighted by atomic mass is 28.3. The van der Waals surface area contributed by atoms with Gasteiger partial charge in [-0.2, -0.15) is 0 Å². The molecule has 0 fully saturated rings. The minimum atomic E-state index is -3.13. The van der Waals surface area contributed by atoms with E-state index in [0.717, 1.165) is 0 Å². The molecule has 0 aliphatic heterocycles. The Balaban J connectivity index is -0.0000000270.